The summed E-state index contributed by atoms with van der Waals surface area (Å²) in [5.41, 5.74) is 3.99. The molecule has 0 bridgehead atoms. The molecule has 0 aromatic carbocycles. The SMILES string of the molecule is Cc1cnc2c(c1)nc(C(C)Cl)n2CCc1nc(C)cs1. The average molecular weight is 321 g/mol. The number of halogens is 1. The second-order valence-corrected chi connectivity index (χ2v) is 6.82. The molecule has 110 valence electrons. The molecule has 0 saturated carbocycles. The lowest BCUT2D eigenvalue weighted by Gasteiger charge is -2.08. The van der Waals surface area contributed by atoms with Crippen molar-refractivity contribution in [3.8, 4) is 0 Å². The summed E-state index contributed by atoms with van der Waals surface area (Å²) in [5.74, 6) is 0.873. The van der Waals surface area contributed by atoms with E-state index in [-0.39, 0.29) is 5.38 Å². The number of pyridine rings is 1. The third kappa shape index (κ3) is 2.94. The van der Waals surface area contributed by atoms with Gasteiger partial charge in [-0.05, 0) is 32.4 Å². The molecule has 3 aromatic heterocycles. The molecule has 1 unspecified atom stereocenters. The number of fused-ring (bicyclic) bond motifs is 1. The van der Waals surface area contributed by atoms with E-state index >= 15 is 0 Å². The minimum atomic E-state index is -0.141. The predicted molar refractivity (Wildman–Crippen MR) is 87.1 cm³/mol. The number of aryl methyl sites for hydroxylation is 4. The van der Waals surface area contributed by atoms with Crippen LogP contribution in [0.15, 0.2) is 17.6 Å². The molecule has 0 spiro atoms. The molecule has 3 heterocycles. The van der Waals surface area contributed by atoms with Crippen LogP contribution < -0.4 is 0 Å². The topological polar surface area (TPSA) is 43.6 Å². The molecule has 0 fully saturated rings. The maximum Gasteiger partial charge on any atom is 0.160 e. The molecule has 3 aromatic rings. The van der Waals surface area contributed by atoms with Crippen LogP contribution in [-0.4, -0.2) is 19.5 Å². The first-order valence-electron chi connectivity index (χ1n) is 6.92. The summed E-state index contributed by atoms with van der Waals surface area (Å²) >= 11 is 7.98. The molecular formula is C15H17ClN4S. The van der Waals surface area contributed by atoms with E-state index in [1.807, 2.05) is 27.0 Å². The molecule has 6 heteroatoms. The molecular weight excluding hydrogens is 304 g/mol. The Morgan fingerprint density at radius 3 is 2.81 bits per heavy atom. The maximum absolute atomic E-state index is 6.28. The Balaban J connectivity index is 1.97. The standard InChI is InChI=1S/C15H17ClN4S/c1-9-6-12-15(17-7-9)20(14(19-12)11(3)16)5-4-13-18-10(2)8-21-13/h6-8,11H,4-5H2,1-3H3. The van der Waals surface area contributed by atoms with Crippen molar-refractivity contribution in [3.63, 3.8) is 0 Å². The Morgan fingerprint density at radius 1 is 1.33 bits per heavy atom. The molecule has 0 radical (unpaired) electrons. The van der Waals surface area contributed by atoms with Gasteiger partial charge >= 0.3 is 0 Å². The van der Waals surface area contributed by atoms with Gasteiger partial charge in [0.1, 0.15) is 11.3 Å². The van der Waals surface area contributed by atoms with Gasteiger partial charge in [0.05, 0.1) is 10.4 Å². The van der Waals surface area contributed by atoms with Gasteiger partial charge in [-0.1, -0.05) is 0 Å². The van der Waals surface area contributed by atoms with Crippen LogP contribution in [0.5, 0.6) is 0 Å². The van der Waals surface area contributed by atoms with Crippen molar-refractivity contribution in [1.82, 2.24) is 19.5 Å². The van der Waals surface area contributed by atoms with Gasteiger partial charge in [-0.15, -0.1) is 22.9 Å². The highest BCUT2D eigenvalue weighted by Crippen LogP contribution is 2.24. The minimum absolute atomic E-state index is 0.141. The predicted octanol–water partition coefficient (Wildman–Crippen LogP) is 4.05. The van der Waals surface area contributed by atoms with Crippen LogP contribution >= 0.6 is 22.9 Å². The summed E-state index contributed by atoms with van der Waals surface area (Å²) in [4.78, 5) is 13.7. The van der Waals surface area contributed by atoms with E-state index in [2.05, 4.69) is 31.0 Å². The molecule has 1 atom stereocenters. The Labute approximate surface area is 132 Å². The Morgan fingerprint density at radius 2 is 2.14 bits per heavy atom. The third-order valence-electron chi connectivity index (χ3n) is 3.32. The molecule has 0 amide bonds. The molecule has 0 aliphatic rings. The van der Waals surface area contributed by atoms with Crippen molar-refractivity contribution in [2.75, 3.05) is 0 Å². The van der Waals surface area contributed by atoms with Gasteiger partial charge in [0, 0.05) is 30.2 Å². The minimum Gasteiger partial charge on any atom is -0.311 e. The van der Waals surface area contributed by atoms with Crippen LogP contribution in [0.3, 0.4) is 0 Å². The highest BCUT2D eigenvalue weighted by atomic mass is 35.5. The van der Waals surface area contributed by atoms with Crippen LogP contribution in [0.4, 0.5) is 0 Å². The quantitative estimate of drug-likeness (QED) is 0.681. The molecule has 0 saturated heterocycles. The average Bonchev–Trinajstić information content (AvgIpc) is 2.99. The van der Waals surface area contributed by atoms with Gasteiger partial charge in [-0.25, -0.2) is 15.0 Å². The Hall–Kier alpha value is -1.46. The fourth-order valence-electron chi connectivity index (χ4n) is 2.38. The molecule has 0 aliphatic heterocycles. The number of hydrogen-bond acceptors (Lipinski definition) is 4. The van der Waals surface area contributed by atoms with Gasteiger partial charge in [0.15, 0.2) is 5.65 Å². The lowest BCUT2D eigenvalue weighted by atomic mass is 10.3. The zero-order valence-corrected chi connectivity index (χ0v) is 13.9. The Bertz CT molecular complexity index is 775. The number of aromatic nitrogens is 4. The van der Waals surface area contributed by atoms with Crippen molar-refractivity contribution in [3.05, 3.63) is 39.7 Å². The fraction of sp³-hybridized carbons (Fsp3) is 0.400. The summed E-state index contributed by atoms with van der Waals surface area (Å²) in [6, 6.07) is 2.05. The van der Waals surface area contributed by atoms with Gasteiger partial charge in [0.25, 0.3) is 0 Å². The number of thiazole rings is 1. The van der Waals surface area contributed by atoms with Crippen molar-refractivity contribution >= 4 is 34.1 Å². The lowest BCUT2D eigenvalue weighted by molar-refractivity contribution is 0.661. The van der Waals surface area contributed by atoms with Crippen LogP contribution in [0.1, 0.15) is 34.4 Å². The number of rotatable bonds is 4. The fourth-order valence-corrected chi connectivity index (χ4v) is 3.31. The van der Waals surface area contributed by atoms with Crippen molar-refractivity contribution in [2.24, 2.45) is 0 Å². The molecule has 0 aliphatic carbocycles. The van der Waals surface area contributed by atoms with Crippen LogP contribution in [0.2, 0.25) is 0 Å². The molecule has 0 N–H and O–H groups in total. The van der Waals surface area contributed by atoms with Crippen LogP contribution in [0, 0.1) is 13.8 Å². The molecule has 21 heavy (non-hydrogen) atoms. The van der Waals surface area contributed by atoms with Crippen LogP contribution in [-0.2, 0) is 13.0 Å². The second-order valence-electron chi connectivity index (χ2n) is 5.23. The van der Waals surface area contributed by atoms with E-state index < -0.39 is 0 Å². The summed E-state index contributed by atoms with van der Waals surface area (Å²) in [5, 5.41) is 3.07. The number of hydrogen-bond donors (Lipinski definition) is 0. The number of alkyl halides is 1. The van der Waals surface area contributed by atoms with Gasteiger partial charge in [0.2, 0.25) is 0 Å². The highest BCUT2D eigenvalue weighted by molar-refractivity contribution is 7.09. The third-order valence-corrected chi connectivity index (χ3v) is 4.54. The normalized spacial score (nSPS) is 13.0. The first-order chi connectivity index (χ1) is 10.0. The maximum atomic E-state index is 6.28. The Kier molecular flexibility index (Phi) is 3.95. The summed E-state index contributed by atoms with van der Waals surface area (Å²) in [6.07, 6.45) is 2.74. The van der Waals surface area contributed by atoms with E-state index in [9.17, 15) is 0 Å². The van der Waals surface area contributed by atoms with E-state index in [1.54, 1.807) is 11.3 Å². The first kappa shape index (κ1) is 14.5. The summed E-state index contributed by atoms with van der Waals surface area (Å²) in [7, 11) is 0. The molecule has 4 nitrogen and oxygen atoms in total. The van der Waals surface area contributed by atoms with Crippen molar-refractivity contribution in [1.29, 1.82) is 0 Å². The summed E-state index contributed by atoms with van der Waals surface area (Å²) in [6.45, 7) is 6.78. The number of nitrogens with zero attached hydrogens (tertiary/aromatic N) is 4. The van der Waals surface area contributed by atoms with Gasteiger partial charge in [-0.3, -0.25) is 0 Å². The smallest absolute Gasteiger partial charge is 0.160 e. The second kappa shape index (κ2) is 5.73. The first-order valence-corrected chi connectivity index (χ1v) is 8.24. The van der Waals surface area contributed by atoms with Gasteiger partial charge < -0.3 is 4.57 Å². The zero-order chi connectivity index (χ0) is 15.0. The van der Waals surface area contributed by atoms with Crippen molar-refractivity contribution in [2.45, 2.75) is 39.1 Å². The largest absolute Gasteiger partial charge is 0.311 e. The monoisotopic (exact) mass is 320 g/mol. The number of imidazole rings is 1. The van der Waals surface area contributed by atoms with Gasteiger partial charge in [-0.2, -0.15) is 0 Å². The van der Waals surface area contributed by atoms with E-state index in [1.165, 1.54) is 0 Å². The lowest BCUT2D eigenvalue weighted by Crippen LogP contribution is -2.07. The highest BCUT2D eigenvalue weighted by Gasteiger charge is 2.16. The van der Waals surface area contributed by atoms with E-state index in [0.717, 1.165) is 46.2 Å². The molecule has 3 rings (SSSR count). The van der Waals surface area contributed by atoms with Crippen LogP contribution in [0.25, 0.3) is 11.2 Å². The zero-order valence-electron chi connectivity index (χ0n) is 12.3. The van der Waals surface area contributed by atoms with E-state index in [4.69, 9.17) is 11.6 Å². The van der Waals surface area contributed by atoms with E-state index in [0.29, 0.717) is 0 Å². The summed E-state index contributed by atoms with van der Waals surface area (Å²) < 4.78 is 2.11. The van der Waals surface area contributed by atoms with Crippen molar-refractivity contribution < 1.29 is 0 Å².